The largest absolute Gasteiger partial charge is 0.395 e. The summed E-state index contributed by atoms with van der Waals surface area (Å²) in [5.74, 6) is 0.397. The molecule has 0 aromatic rings. The van der Waals surface area contributed by atoms with Gasteiger partial charge in [-0.3, -0.25) is 0 Å². The highest BCUT2D eigenvalue weighted by Gasteiger charge is 1.77. The molecule has 0 amide bonds. The average molecular weight is 102 g/mol. The fourth-order valence-corrected chi connectivity index (χ4v) is 0.216. The highest BCUT2D eigenvalue weighted by atomic mass is 16.3. The molecule has 0 heterocycles. The lowest BCUT2D eigenvalue weighted by atomic mass is 10.6. The lowest BCUT2D eigenvalue weighted by molar-refractivity contribution is 0.297. The summed E-state index contributed by atoms with van der Waals surface area (Å²) in [6, 6.07) is 0. The molecule has 0 aliphatic heterocycles. The summed E-state index contributed by atoms with van der Waals surface area (Å²) >= 11 is 0. The van der Waals surface area contributed by atoms with Crippen molar-refractivity contribution in [2.45, 2.75) is 0 Å². The van der Waals surface area contributed by atoms with Crippen molar-refractivity contribution in [3.8, 4) is 0 Å². The van der Waals surface area contributed by atoms with Crippen molar-refractivity contribution in [2.24, 2.45) is 5.73 Å². The molecule has 42 valence electrons. The van der Waals surface area contributed by atoms with Crippen molar-refractivity contribution < 1.29 is 5.11 Å². The summed E-state index contributed by atoms with van der Waals surface area (Å²) in [6.45, 7) is 3.92. The van der Waals surface area contributed by atoms with Gasteiger partial charge in [0.1, 0.15) is 0 Å². The Kier molecular flexibility index (Phi) is 3.14. The molecule has 0 saturated heterocycles. The third-order valence-corrected chi connectivity index (χ3v) is 0.464. The molecule has 7 heavy (non-hydrogen) atoms. The maximum absolute atomic E-state index is 8.16. The molecule has 4 N–H and O–H groups in total. The molecule has 3 nitrogen and oxygen atoms in total. The van der Waals surface area contributed by atoms with Crippen LogP contribution in [0.3, 0.4) is 0 Å². The van der Waals surface area contributed by atoms with Crippen molar-refractivity contribution in [3.63, 3.8) is 0 Å². The van der Waals surface area contributed by atoms with E-state index in [4.69, 9.17) is 10.8 Å². The van der Waals surface area contributed by atoms with Gasteiger partial charge in [-0.25, -0.2) is 0 Å². The third kappa shape index (κ3) is 5.30. The fraction of sp³-hybridized carbons (Fsp3) is 0.500. The Morgan fingerprint density at radius 1 is 1.86 bits per heavy atom. The van der Waals surface area contributed by atoms with Crippen molar-refractivity contribution >= 4 is 0 Å². The van der Waals surface area contributed by atoms with Crippen molar-refractivity contribution in [3.05, 3.63) is 12.4 Å². The van der Waals surface area contributed by atoms with Gasteiger partial charge >= 0.3 is 0 Å². The van der Waals surface area contributed by atoms with E-state index < -0.39 is 0 Å². The first-order valence-corrected chi connectivity index (χ1v) is 2.06. The summed E-state index contributed by atoms with van der Waals surface area (Å²) in [6.07, 6.45) is 0. The molecular weight excluding hydrogens is 92.1 g/mol. The minimum absolute atomic E-state index is 0.0935. The van der Waals surface area contributed by atoms with Gasteiger partial charge in [-0.1, -0.05) is 6.58 Å². The van der Waals surface area contributed by atoms with E-state index in [9.17, 15) is 0 Å². The van der Waals surface area contributed by atoms with Crippen molar-refractivity contribution in [1.29, 1.82) is 0 Å². The minimum Gasteiger partial charge on any atom is -0.395 e. The molecule has 0 aromatic carbocycles. The molecule has 0 aliphatic rings. The normalized spacial score (nSPS) is 8.14. The molecule has 0 radical (unpaired) electrons. The number of hydrogen-bond acceptors (Lipinski definition) is 3. The fourth-order valence-electron chi connectivity index (χ4n) is 0.216. The summed E-state index contributed by atoms with van der Waals surface area (Å²) in [5, 5.41) is 10.8. The number of hydrogen-bond donors (Lipinski definition) is 3. The maximum Gasteiger partial charge on any atom is 0.0886 e. The predicted octanol–water partition coefficient (Wildman–Crippen LogP) is -1.00. The third-order valence-electron chi connectivity index (χ3n) is 0.464. The van der Waals surface area contributed by atoms with Crippen LogP contribution in [0, 0.1) is 0 Å². The van der Waals surface area contributed by atoms with Crippen LogP contribution in [-0.2, 0) is 0 Å². The molecule has 0 unspecified atom stereocenters. The number of aliphatic hydroxyl groups excluding tert-OH is 1. The van der Waals surface area contributed by atoms with Crippen LogP contribution in [0.2, 0.25) is 0 Å². The van der Waals surface area contributed by atoms with Gasteiger partial charge in [0.25, 0.3) is 0 Å². The van der Waals surface area contributed by atoms with E-state index in [0.717, 1.165) is 0 Å². The van der Waals surface area contributed by atoms with Gasteiger partial charge in [-0.2, -0.15) is 0 Å². The van der Waals surface area contributed by atoms with E-state index in [-0.39, 0.29) is 6.61 Å². The highest BCUT2D eigenvalue weighted by Crippen LogP contribution is 1.62. The van der Waals surface area contributed by atoms with E-state index in [1.54, 1.807) is 0 Å². The smallest absolute Gasteiger partial charge is 0.0886 e. The molecule has 0 spiro atoms. The molecular formula is C4H10N2O. The Morgan fingerprint density at radius 3 is 2.57 bits per heavy atom. The zero-order valence-electron chi connectivity index (χ0n) is 4.15. The molecule has 0 fully saturated rings. The Balaban J connectivity index is 2.82. The topological polar surface area (TPSA) is 58.3 Å². The van der Waals surface area contributed by atoms with E-state index in [1.165, 1.54) is 0 Å². The monoisotopic (exact) mass is 102 g/mol. The second kappa shape index (κ2) is 3.49. The Hall–Kier alpha value is -0.700. The molecule has 0 atom stereocenters. The standard InChI is InChI=1S/C4H10N2O/c1-4(5)6-2-3-7/h6-7H,1-3,5H2. The van der Waals surface area contributed by atoms with Gasteiger partial charge in [0, 0.05) is 6.54 Å². The number of nitrogens with one attached hydrogen (secondary N) is 1. The first-order chi connectivity index (χ1) is 3.27. The van der Waals surface area contributed by atoms with E-state index in [1.807, 2.05) is 0 Å². The van der Waals surface area contributed by atoms with Crippen molar-refractivity contribution in [2.75, 3.05) is 13.2 Å². The highest BCUT2D eigenvalue weighted by molar-refractivity contribution is 4.81. The van der Waals surface area contributed by atoms with E-state index in [0.29, 0.717) is 12.4 Å². The summed E-state index contributed by atoms with van der Waals surface area (Å²) in [4.78, 5) is 0. The molecule has 0 bridgehead atoms. The number of aliphatic hydroxyl groups is 1. The number of rotatable bonds is 3. The van der Waals surface area contributed by atoms with Crippen LogP contribution in [0.4, 0.5) is 0 Å². The molecule has 0 rings (SSSR count). The van der Waals surface area contributed by atoms with Crippen LogP contribution in [0.1, 0.15) is 0 Å². The predicted molar refractivity (Wildman–Crippen MR) is 28.4 cm³/mol. The Bertz CT molecular complexity index is 62.7. The number of nitrogens with two attached hydrogens (primary N) is 1. The molecule has 3 heteroatoms. The molecule has 0 saturated carbocycles. The minimum atomic E-state index is 0.0935. The van der Waals surface area contributed by atoms with Gasteiger partial charge in [-0.05, 0) is 0 Å². The first-order valence-electron chi connectivity index (χ1n) is 2.06. The Labute approximate surface area is 42.8 Å². The van der Waals surface area contributed by atoms with E-state index in [2.05, 4.69) is 11.9 Å². The van der Waals surface area contributed by atoms with Crippen LogP contribution in [0.5, 0.6) is 0 Å². The van der Waals surface area contributed by atoms with Crippen LogP contribution in [0.25, 0.3) is 0 Å². The second-order valence-corrected chi connectivity index (χ2v) is 1.18. The zero-order chi connectivity index (χ0) is 5.70. The van der Waals surface area contributed by atoms with Gasteiger partial charge < -0.3 is 16.2 Å². The SMILES string of the molecule is C=C(N)NCCO. The summed E-state index contributed by atoms with van der Waals surface area (Å²) in [7, 11) is 0. The summed E-state index contributed by atoms with van der Waals surface area (Å²) < 4.78 is 0. The lowest BCUT2D eigenvalue weighted by Gasteiger charge is -1.98. The first kappa shape index (κ1) is 6.30. The maximum atomic E-state index is 8.16. The molecule has 0 aromatic heterocycles. The molecule has 0 aliphatic carbocycles. The average Bonchev–Trinajstić information content (AvgIpc) is 1.61. The van der Waals surface area contributed by atoms with Gasteiger partial charge in [0.15, 0.2) is 0 Å². The van der Waals surface area contributed by atoms with Crippen LogP contribution >= 0.6 is 0 Å². The van der Waals surface area contributed by atoms with Gasteiger partial charge in [-0.15, -0.1) is 0 Å². The Morgan fingerprint density at radius 2 is 2.43 bits per heavy atom. The second-order valence-electron chi connectivity index (χ2n) is 1.18. The van der Waals surface area contributed by atoms with Gasteiger partial charge in [0.2, 0.25) is 0 Å². The summed E-state index contributed by atoms with van der Waals surface area (Å²) in [5.41, 5.74) is 5.06. The van der Waals surface area contributed by atoms with Gasteiger partial charge in [0.05, 0.1) is 12.4 Å². The van der Waals surface area contributed by atoms with Crippen LogP contribution < -0.4 is 11.1 Å². The van der Waals surface area contributed by atoms with Crippen molar-refractivity contribution in [1.82, 2.24) is 5.32 Å². The quantitative estimate of drug-likeness (QED) is 0.428. The zero-order valence-corrected chi connectivity index (χ0v) is 4.15. The van der Waals surface area contributed by atoms with Crippen LogP contribution in [0.15, 0.2) is 12.4 Å². The van der Waals surface area contributed by atoms with Crippen LogP contribution in [-0.4, -0.2) is 18.3 Å². The van der Waals surface area contributed by atoms with E-state index >= 15 is 0 Å². The lowest BCUT2D eigenvalue weighted by Crippen LogP contribution is -2.21.